The van der Waals surface area contributed by atoms with Crippen LogP contribution in [0.4, 0.5) is 0 Å². The summed E-state index contributed by atoms with van der Waals surface area (Å²) in [4.78, 5) is 1.62. The van der Waals surface area contributed by atoms with E-state index in [4.69, 9.17) is 0 Å². The van der Waals surface area contributed by atoms with Gasteiger partial charge in [0.05, 0.1) is 10.9 Å². The molecule has 27 heavy (non-hydrogen) atoms. The minimum atomic E-state index is -3.47. The van der Waals surface area contributed by atoms with Crippen molar-refractivity contribution in [3.05, 3.63) is 52.2 Å². The zero-order chi connectivity index (χ0) is 18.7. The number of hydrogen-bond donors (Lipinski definition) is 0. The standard InChI is InChI=1S/C22H29NO2S2/c24-27(25,20-14-12-19(13-15-20)18-8-3-1-4-9-18)23-16-6-2-5-10-21(23)22-11-7-17-26-22/h7,11-15,17-18,21H,1-6,8-10,16H2/t21-/m0/s1. The molecule has 0 N–H and O–H groups in total. The highest BCUT2D eigenvalue weighted by molar-refractivity contribution is 7.89. The van der Waals surface area contributed by atoms with Crippen LogP contribution in [0.3, 0.4) is 0 Å². The normalized spacial score (nSPS) is 23.2. The first-order chi connectivity index (χ1) is 13.2. The van der Waals surface area contributed by atoms with Gasteiger partial charge in [-0.05, 0) is 60.7 Å². The fraction of sp³-hybridized carbons (Fsp3) is 0.545. The maximum Gasteiger partial charge on any atom is 0.243 e. The van der Waals surface area contributed by atoms with Crippen molar-refractivity contribution in [2.75, 3.05) is 6.54 Å². The lowest BCUT2D eigenvalue weighted by Crippen LogP contribution is -2.34. The van der Waals surface area contributed by atoms with Crippen LogP contribution in [0.2, 0.25) is 0 Å². The molecule has 1 saturated heterocycles. The molecule has 0 spiro atoms. The lowest BCUT2D eigenvalue weighted by Gasteiger charge is -2.29. The van der Waals surface area contributed by atoms with Crippen LogP contribution in [0.25, 0.3) is 0 Å². The van der Waals surface area contributed by atoms with Crippen molar-refractivity contribution in [3.63, 3.8) is 0 Å². The molecule has 1 atom stereocenters. The van der Waals surface area contributed by atoms with Crippen LogP contribution >= 0.6 is 11.3 Å². The second-order valence-electron chi connectivity index (χ2n) is 7.90. The van der Waals surface area contributed by atoms with Crippen molar-refractivity contribution in [1.82, 2.24) is 4.31 Å². The van der Waals surface area contributed by atoms with E-state index in [0.29, 0.717) is 17.4 Å². The van der Waals surface area contributed by atoms with Gasteiger partial charge in [0.15, 0.2) is 0 Å². The molecule has 1 aromatic carbocycles. The van der Waals surface area contributed by atoms with Gasteiger partial charge in [0.25, 0.3) is 0 Å². The maximum absolute atomic E-state index is 13.5. The number of rotatable bonds is 4. The summed E-state index contributed by atoms with van der Waals surface area (Å²) in [5.41, 5.74) is 1.30. The van der Waals surface area contributed by atoms with Gasteiger partial charge < -0.3 is 0 Å². The van der Waals surface area contributed by atoms with Crippen LogP contribution < -0.4 is 0 Å². The van der Waals surface area contributed by atoms with Crippen molar-refractivity contribution < 1.29 is 8.42 Å². The van der Waals surface area contributed by atoms with Crippen molar-refractivity contribution in [3.8, 4) is 0 Å². The van der Waals surface area contributed by atoms with Gasteiger partial charge in [0, 0.05) is 11.4 Å². The molecule has 1 saturated carbocycles. The Morgan fingerprint density at radius 3 is 2.26 bits per heavy atom. The molecular weight excluding hydrogens is 374 g/mol. The van der Waals surface area contributed by atoms with Crippen LogP contribution in [0.1, 0.15) is 80.2 Å². The molecule has 0 bridgehead atoms. The number of nitrogens with zero attached hydrogens (tertiary/aromatic N) is 1. The Bertz CT molecular complexity index is 822. The highest BCUT2D eigenvalue weighted by atomic mass is 32.2. The smallest absolute Gasteiger partial charge is 0.207 e. The zero-order valence-electron chi connectivity index (χ0n) is 15.8. The summed E-state index contributed by atoms with van der Waals surface area (Å²) in [6.07, 6.45) is 10.5. The highest BCUT2D eigenvalue weighted by Crippen LogP contribution is 2.37. The number of thiophene rings is 1. The van der Waals surface area contributed by atoms with E-state index < -0.39 is 10.0 Å². The third-order valence-corrected chi connectivity index (χ3v) is 9.03. The largest absolute Gasteiger partial charge is 0.243 e. The predicted octanol–water partition coefficient (Wildman–Crippen LogP) is 6.10. The topological polar surface area (TPSA) is 37.4 Å². The molecule has 2 aliphatic rings. The fourth-order valence-electron chi connectivity index (χ4n) is 4.62. The van der Waals surface area contributed by atoms with Gasteiger partial charge in [0.1, 0.15) is 0 Å². The van der Waals surface area contributed by atoms with Gasteiger partial charge >= 0.3 is 0 Å². The molecule has 4 rings (SSSR count). The summed E-state index contributed by atoms with van der Waals surface area (Å²) in [5, 5.41) is 2.05. The van der Waals surface area contributed by atoms with E-state index in [0.717, 1.165) is 25.7 Å². The summed E-state index contributed by atoms with van der Waals surface area (Å²) >= 11 is 1.67. The third-order valence-electron chi connectivity index (χ3n) is 6.14. The maximum atomic E-state index is 13.5. The first-order valence-corrected chi connectivity index (χ1v) is 12.6. The van der Waals surface area contributed by atoms with Crippen molar-refractivity contribution in [2.45, 2.75) is 74.6 Å². The monoisotopic (exact) mass is 403 g/mol. The van der Waals surface area contributed by atoms with E-state index in [9.17, 15) is 8.42 Å². The summed E-state index contributed by atoms with van der Waals surface area (Å²) in [6, 6.07) is 11.9. The van der Waals surface area contributed by atoms with Gasteiger partial charge in [-0.3, -0.25) is 0 Å². The average molecular weight is 404 g/mol. The molecule has 1 aliphatic carbocycles. The van der Waals surface area contributed by atoms with E-state index in [1.165, 1.54) is 42.5 Å². The van der Waals surface area contributed by atoms with Crippen LogP contribution in [-0.4, -0.2) is 19.3 Å². The molecule has 2 heterocycles. The molecule has 2 aromatic rings. The summed E-state index contributed by atoms with van der Waals surface area (Å²) in [7, 11) is -3.47. The van der Waals surface area contributed by atoms with Gasteiger partial charge in [-0.15, -0.1) is 11.3 Å². The van der Waals surface area contributed by atoms with E-state index in [-0.39, 0.29) is 6.04 Å². The van der Waals surface area contributed by atoms with E-state index in [1.807, 2.05) is 23.6 Å². The van der Waals surface area contributed by atoms with Crippen LogP contribution in [-0.2, 0) is 10.0 Å². The Balaban J connectivity index is 1.60. The molecule has 0 radical (unpaired) electrons. The molecule has 0 unspecified atom stereocenters. The summed E-state index contributed by atoms with van der Waals surface area (Å²) in [6.45, 7) is 0.620. The van der Waals surface area contributed by atoms with Crippen molar-refractivity contribution in [2.24, 2.45) is 0 Å². The molecule has 2 fully saturated rings. The molecule has 0 amide bonds. The average Bonchev–Trinajstić information content (AvgIpc) is 3.12. The molecule has 1 aliphatic heterocycles. The second-order valence-corrected chi connectivity index (χ2v) is 10.8. The first-order valence-electron chi connectivity index (χ1n) is 10.3. The summed E-state index contributed by atoms with van der Waals surface area (Å²) < 4.78 is 28.7. The van der Waals surface area contributed by atoms with E-state index in [1.54, 1.807) is 15.6 Å². The zero-order valence-corrected chi connectivity index (χ0v) is 17.5. The fourth-order valence-corrected chi connectivity index (χ4v) is 7.23. The van der Waals surface area contributed by atoms with Crippen molar-refractivity contribution in [1.29, 1.82) is 0 Å². The Morgan fingerprint density at radius 2 is 1.56 bits per heavy atom. The van der Waals surface area contributed by atoms with Crippen LogP contribution in [0.15, 0.2) is 46.7 Å². The molecule has 5 heteroatoms. The number of benzene rings is 1. The van der Waals surface area contributed by atoms with Crippen molar-refractivity contribution >= 4 is 21.4 Å². The predicted molar refractivity (Wildman–Crippen MR) is 112 cm³/mol. The molecular formula is C22H29NO2S2. The molecule has 146 valence electrons. The Labute approximate surface area is 167 Å². The van der Waals surface area contributed by atoms with Gasteiger partial charge in [0.2, 0.25) is 10.0 Å². The molecule has 3 nitrogen and oxygen atoms in total. The SMILES string of the molecule is O=S(=O)(c1ccc(C2CCCCC2)cc1)N1CCCCC[C@H]1c1cccs1. The van der Waals surface area contributed by atoms with Gasteiger partial charge in [-0.2, -0.15) is 4.31 Å². The highest BCUT2D eigenvalue weighted by Gasteiger charge is 2.34. The molecule has 1 aromatic heterocycles. The first kappa shape index (κ1) is 19.2. The van der Waals surface area contributed by atoms with Gasteiger partial charge in [-0.25, -0.2) is 8.42 Å². The Hall–Kier alpha value is -1.17. The van der Waals surface area contributed by atoms with Crippen LogP contribution in [0, 0.1) is 0 Å². The van der Waals surface area contributed by atoms with E-state index >= 15 is 0 Å². The Kier molecular flexibility index (Phi) is 6.00. The number of hydrogen-bond acceptors (Lipinski definition) is 3. The second kappa shape index (κ2) is 8.46. The minimum absolute atomic E-state index is 0.0180. The number of sulfonamides is 1. The quantitative estimate of drug-likeness (QED) is 0.618. The summed E-state index contributed by atoms with van der Waals surface area (Å²) in [5.74, 6) is 0.604. The van der Waals surface area contributed by atoms with E-state index in [2.05, 4.69) is 18.2 Å². The van der Waals surface area contributed by atoms with Gasteiger partial charge in [-0.1, -0.05) is 50.3 Å². The minimum Gasteiger partial charge on any atom is -0.207 e. The lowest BCUT2D eigenvalue weighted by atomic mass is 9.84. The Morgan fingerprint density at radius 1 is 0.852 bits per heavy atom. The van der Waals surface area contributed by atoms with Crippen LogP contribution in [0.5, 0.6) is 0 Å². The lowest BCUT2D eigenvalue weighted by molar-refractivity contribution is 0.333. The third kappa shape index (κ3) is 4.15.